The summed E-state index contributed by atoms with van der Waals surface area (Å²) in [5, 5.41) is 22.6. The number of thiophene rings is 1. The molecule has 2 rings (SSSR count). The second-order valence-electron chi connectivity index (χ2n) is 3.73. The first-order valence-electron chi connectivity index (χ1n) is 5.12. The Hall–Kier alpha value is -2.48. The van der Waals surface area contributed by atoms with Crippen LogP contribution in [0.25, 0.3) is 10.1 Å². The molecule has 0 spiro atoms. The van der Waals surface area contributed by atoms with E-state index in [0.29, 0.717) is 10.1 Å². The molecular weight excluding hydrogens is 272 g/mol. The number of nitro benzene ring substituents is 1. The van der Waals surface area contributed by atoms with E-state index in [1.54, 1.807) is 0 Å². The standard InChI is InChI=1S/C11H8N2O5S/c1-5(14)12-9-7-4-6(13(17)18)2-3-8(7)19-10(9)11(15)16/h2-4H,1H3,(H,12,14)(H,15,16). The number of nitrogens with one attached hydrogen (secondary N) is 1. The van der Waals surface area contributed by atoms with E-state index in [2.05, 4.69) is 5.32 Å². The number of carbonyl (C=O) groups excluding carboxylic acids is 1. The summed E-state index contributed by atoms with van der Waals surface area (Å²) in [6, 6.07) is 4.02. The Balaban J connectivity index is 2.73. The molecule has 1 heterocycles. The van der Waals surface area contributed by atoms with Gasteiger partial charge in [0.1, 0.15) is 4.88 Å². The number of rotatable bonds is 3. The molecule has 98 valence electrons. The van der Waals surface area contributed by atoms with Crippen molar-refractivity contribution in [2.24, 2.45) is 0 Å². The lowest BCUT2D eigenvalue weighted by molar-refractivity contribution is -0.384. The van der Waals surface area contributed by atoms with E-state index in [9.17, 15) is 19.7 Å². The van der Waals surface area contributed by atoms with Crippen molar-refractivity contribution in [3.05, 3.63) is 33.2 Å². The van der Waals surface area contributed by atoms with Gasteiger partial charge in [-0.1, -0.05) is 0 Å². The van der Waals surface area contributed by atoms with E-state index in [4.69, 9.17) is 5.11 Å². The summed E-state index contributed by atoms with van der Waals surface area (Å²) in [7, 11) is 0. The molecule has 7 nitrogen and oxygen atoms in total. The summed E-state index contributed by atoms with van der Waals surface area (Å²) in [6.07, 6.45) is 0. The average molecular weight is 280 g/mol. The van der Waals surface area contributed by atoms with Gasteiger partial charge < -0.3 is 10.4 Å². The van der Waals surface area contributed by atoms with Gasteiger partial charge in [-0.15, -0.1) is 11.3 Å². The molecule has 0 unspecified atom stereocenters. The van der Waals surface area contributed by atoms with Gasteiger partial charge in [0.05, 0.1) is 10.6 Å². The maximum Gasteiger partial charge on any atom is 0.348 e. The fourth-order valence-electron chi connectivity index (χ4n) is 1.65. The van der Waals surface area contributed by atoms with Crippen molar-refractivity contribution < 1.29 is 19.6 Å². The van der Waals surface area contributed by atoms with Crippen LogP contribution in [0.15, 0.2) is 18.2 Å². The number of benzene rings is 1. The molecule has 0 aliphatic carbocycles. The number of nitrogens with zero attached hydrogens (tertiary/aromatic N) is 1. The van der Waals surface area contributed by atoms with Crippen molar-refractivity contribution in [3.63, 3.8) is 0 Å². The normalized spacial score (nSPS) is 10.4. The monoisotopic (exact) mass is 280 g/mol. The summed E-state index contributed by atoms with van der Waals surface area (Å²) in [4.78, 5) is 32.3. The van der Waals surface area contributed by atoms with E-state index in [0.717, 1.165) is 11.3 Å². The summed E-state index contributed by atoms with van der Waals surface area (Å²) in [5.74, 6) is -1.62. The predicted octanol–water partition coefficient (Wildman–Crippen LogP) is 2.47. The van der Waals surface area contributed by atoms with Crippen LogP contribution >= 0.6 is 11.3 Å². The summed E-state index contributed by atoms with van der Waals surface area (Å²) >= 11 is 0.958. The molecule has 1 aromatic heterocycles. The van der Waals surface area contributed by atoms with Crippen LogP contribution in [-0.4, -0.2) is 21.9 Å². The number of fused-ring (bicyclic) bond motifs is 1. The second kappa shape index (κ2) is 4.65. The molecule has 0 aliphatic rings. The number of aromatic carboxylic acids is 1. The molecular formula is C11H8N2O5S. The largest absolute Gasteiger partial charge is 0.477 e. The van der Waals surface area contributed by atoms with Crippen LogP contribution in [0.5, 0.6) is 0 Å². The molecule has 0 fully saturated rings. The number of amides is 1. The second-order valence-corrected chi connectivity index (χ2v) is 4.78. The minimum absolute atomic E-state index is 0.0503. The molecule has 0 atom stereocenters. The van der Waals surface area contributed by atoms with Crippen LogP contribution in [0, 0.1) is 10.1 Å². The molecule has 0 bridgehead atoms. The number of hydrogen-bond donors (Lipinski definition) is 2. The summed E-state index contributed by atoms with van der Waals surface area (Å²) in [5.41, 5.74) is -0.0578. The van der Waals surface area contributed by atoms with Gasteiger partial charge in [-0.05, 0) is 6.07 Å². The molecule has 1 aromatic carbocycles. The average Bonchev–Trinajstić information content (AvgIpc) is 2.66. The lowest BCUT2D eigenvalue weighted by atomic mass is 10.2. The highest BCUT2D eigenvalue weighted by Gasteiger charge is 2.20. The molecule has 1 amide bonds. The number of anilines is 1. The van der Waals surface area contributed by atoms with Crippen molar-refractivity contribution in [2.45, 2.75) is 6.92 Å². The fourth-order valence-corrected chi connectivity index (χ4v) is 2.63. The van der Waals surface area contributed by atoms with Gasteiger partial charge in [-0.25, -0.2) is 4.79 Å². The van der Waals surface area contributed by atoms with Crippen molar-refractivity contribution in [3.8, 4) is 0 Å². The topological polar surface area (TPSA) is 110 Å². The van der Waals surface area contributed by atoms with Gasteiger partial charge in [0.2, 0.25) is 5.91 Å². The number of carbonyl (C=O) groups is 2. The molecule has 19 heavy (non-hydrogen) atoms. The quantitative estimate of drug-likeness (QED) is 0.663. The Kier molecular flexibility index (Phi) is 3.17. The van der Waals surface area contributed by atoms with Crippen LogP contribution in [0.4, 0.5) is 11.4 Å². The van der Waals surface area contributed by atoms with Crippen molar-refractivity contribution in [1.82, 2.24) is 0 Å². The molecule has 0 saturated heterocycles. The summed E-state index contributed by atoms with van der Waals surface area (Å²) < 4.78 is 0.562. The first-order valence-corrected chi connectivity index (χ1v) is 5.93. The first kappa shape index (κ1) is 13.0. The molecule has 8 heteroatoms. The smallest absolute Gasteiger partial charge is 0.348 e. The van der Waals surface area contributed by atoms with Crippen molar-refractivity contribution >= 4 is 44.7 Å². The minimum Gasteiger partial charge on any atom is -0.477 e. The van der Waals surface area contributed by atoms with Gasteiger partial charge in [0, 0.05) is 29.1 Å². The molecule has 0 saturated carbocycles. The van der Waals surface area contributed by atoms with Crippen molar-refractivity contribution in [1.29, 1.82) is 0 Å². The highest BCUT2D eigenvalue weighted by molar-refractivity contribution is 7.21. The van der Waals surface area contributed by atoms with Crippen molar-refractivity contribution in [2.75, 3.05) is 5.32 Å². The number of nitro groups is 1. The van der Waals surface area contributed by atoms with E-state index in [-0.39, 0.29) is 16.3 Å². The Labute approximate surface area is 110 Å². The minimum atomic E-state index is -1.19. The number of carboxylic acid groups (broad SMARTS) is 1. The highest BCUT2D eigenvalue weighted by Crippen LogP contribution is 2.37. The number of carboxylic acids is 1. The third-order valence-electron chi connectivity index (χ3n) is 2.38. The lowest BCUT2D eigenvalue weighted by Gasteiger charge is -2.01. The van der Waals surface area contributed by atoms with Crippen LogP contribution in [-0.2, 0) is 4.79 Å². The maximum absolute atomic E-state index is 11.1. The fraction of sp³-hybridized carbons (Fsp3) is 0.0909. The molecule has 2 N–H and O–H groups in total. The van der Waals surface area contributed by atoms with Gasteiger partial charge >= 0.3 is 5.97 Å². The Morgan fingerprint density at radius 3 is 2.63 bits per heavy atom. The predicted molar refractivity (Wildman–Crippen MR) is 69.7 cm³/mol. The molecule has 2 aromatic rings. The zero-order valence-corrected chi connectivity index (χ0v) is 10.5. The van der Waals surface area contributed by atoms with Gasteiger partial charge in [0.25, 0.3) is 5.69 Å². The van der Waals surface area contributed by atoms with Crippen LogP contribution < -0.4 is 5.32 Å². The first-order chi connectivity index (χ1) is 8.90. The Morgan fingerprint density at radius 1 is 1.42 bits per heavy atom. The zero-order chi connectivity index (χ0) is 14.2. The zero-order valence-electron chi connectivity index (χ0n) is 9.67. The van der Waals surface area contributed by atoms with E-state index in [1.165, 1.54) is 25.1 Å². The SMILES string of the molecule is CC(=O)Nc1c(C(=O)O)sc2ccc([N+](=O)[O-])cc12. The molecule has 0 radical (unpaired) electrons. The lowest BCUT2D eigenvalue weighted by Crippen LogP contribution is -2.08. The summed E-state index contributed by atoms with van der Waals surface area (Å²) in [6.45, 7) is 1.24. The molecule has 0 aliphatic heterocycles. The number of non-ortho nitro benzene ring substituents is 1. The Bertz CT molecular complexity index is 706. The Morgan fingerprint density at radius 2 is 2.11 bits per heavy atom. The van der Waals surface area contributed by atoms with Crippen LogP contribution in [0.1, 0.15) is 16.6 Å². The van der Waals surface area contributed by atoms with Gasteiger partial charge in [-0.2, -0.15) is 0 Å². The highest BCUT2D eigenvalue weighted by atomic mass is 32.1. The third-order valence-corrected chi connectivity index (χ3v) is 3.54. The third kappa shape index (κ3) is 2.38. The number of hydrogen-bond acceptors (Lipinski definition) is 5. The van der Waals surface area contributed by atoms with Gasteiger partial charge in [0.15, 0.2) is 0 Å². The van der Waals surface area contributed by atoms with E-state index >= 15 is 0 Å². The maximum atomic E-state index is 11.1. The van der Waals surface area contributed by atoms with E-state index < -0.39 is 16.8 Å². The van der Waals surface area contributed by atoms with Crippen LogP contribution in [0.2, 0.25) is 0 Å². The van der Waals surface area contributed by atoms with Crippen LogP contribution in [0.3, 0.4) is 0 Å². The van der Waals surface area contributed by atoms with E-state index in [1.807, 2.05) is 0 Å². The van der Waals surface area contributed by atoms with Gasteiger partial charge in [-0.3, -0.25) is 14.9 Å².